The molecule has 0 spiro atoms. The molecule has 0 aliphatic heterocycles. The van der Waals surface area contributed by atoms with Gasteiger partial charge < -0.3 is 0 Å². The predicted molar refractivity (Wildman–Crippen MR) is 72.1 cm³/mol. The van der Waals surface area contributed by atoms with Crippen LogP contribution in [-0.2, 0) is 0 Å². The summed E-state index contributed by atoms with van der Waals surface area (Å²) in [4.78, 5) is 0. The maximum absolute atomic E-state index is 5.97. The van der Waals surface area contributed by atoms with Gasteiger partial charge in [0.1, 0.15) is 10.0 Å². The van der Waals surface area contributed by atoms with E-state index in [2.05, 4.69) is 45.2 Å². The number of rotatable bonds is 2. The van der Waals surface area contributed by atoms with Gasteiger partial charge in [0.15, 0.2) is 0 Å². The van der Waals surface area contributed by atoms with Gasteiger partial charge in [0.05, 0.1) is 5.38 Å². The normalized spacial score (nSPS) is 12.8. The monoisotopic (exact) mass is 316 g/mol. The minimum absolute atomic E-state index is 0.0845. The highest BCUT2D eigenvalue weighted by Gasteiger charge is 2.12. The standard InChI is InChI=1S/C11H10BrClN2S/c1-6-3-4-8(12)5-9(6)11-15-14-10(16-11)7(2)13/h3-5,7H,1-2H3. The Morgan fingerprint density at radius 3 is 2.75 bits per heavy atom. The Balaban J connectivity index is 2.46. The highest BCUT2D eigenvalue weighted by Crippen LogP contribution is 2.32. The molecule has 0 bridgehead atoms. The van der Waals surface area contributed by atoms with Crippen LogP contribution in [0.15, 0.2) is 22.7 Å². The number of alkyl halides is 1. The fraction of sp³-hybridized carbons (Fsp3) is 0.273. The van der Waals surface area contributed by atoms with Crippen LogP contribution in [0.25, 0.3) is 10.6 Å². The SMILES string of the molecule is Cc1ccc(Br)cc1-c1nnc(C(C)Cl)s1. The molecule has 1 aromatic carbocycles. The van der Waals surface area contributed by atoms with Crippen LogP contribution in [0.2, 0.25) is 0 Å². The third kappa shape index (κ3) is 2.44. The molecule has 0 radical (unpaired) electrons. The van der Waals surface area contributed by atoms with E-state index in [1.54, 1.807) is 11.3 Å². The van der Waals surface area contributed by atoms with Gasteiger partial charge in [0.2, 0.25) is 0 Å². The van der Waals surface area contributed by atoms with E-state index >= 15 is 0 Å². The number of aryl methyl sites for hydroxylation is 1. The van der Waals surface area contributed by atoms with Crippen LogP contribution in [0.1, 0.15) is 22.9 Å². The molecule has 1 atom stereocenters. The molecule has 2 nitrogen and oxygen atoms in total. The Hall–Kier alpha value is -0.450. The van der Waals surface area contributed by atoms with Gasteiger partial charge in [0.25, 0.3) is 0 Å². The molecule has 1 aromatic heterocycles. The van der Waals surface area contributed by atoms with Crippen molar-refractivity contribution in [3.63, 3.8) is 0 Å². The molecule has 0 saturated carbocycles. The van der Waals surface area contributed by atoms with E-state index in [0.29, 0.717) is 0 Å². The second kappa shape index (κ2) is 4.82. The third-order valence-corrected chi connectivity index (χ3v) is 4.18. The number of hydrogen-bond acceptors (Lipinski definition) is 3. The number of benzene rings is 1. The molecule has 2 aromatic rings. The maximum atomic E-state index is 5.97. The third-order valence-electron chi connectivity index (χ3n) is 2.21. The molecule has 16 heavy (non-hydrogen) atoms. The molecular weight excluding hydrogens is 308 g/mol. The molecular formula is C11H10BrClN2S. The molecule has 1 unspecified atom stereocenters. The maximum Gasteiger partial charge on any atom is 0.148 e. The Labute approximate surface area is 112 Å². The van der Waals surface area contributed by atoms with E-state index in [-0.39, 0.29) is 5.38 Å². The average molecular weight is 318 g/mol. The van der Waals surface area contributed by atoms with Gasteiger partial charge in [-0.15, -0.1) is 21.8 Å². The van der Waals surface area contributed by atoms with E-state index in [9.17, 15) is 0 Å². The van der Waals surface area contributed by atoms with Gasteiger partial charge in [-0.25, -0.2) is 0 Å². The second-order valence-electron chi connectivity index (χ2n) is 3.52. The van der Waals surface area contributed by atoms with Crippen LogP contribution in [0.5, 0.6) is 0 Å². The number of halogens is 2. The van der Waals surface area contributed by atoms with Crippen LogP contribution in [0.3, 0.4) is 0 Å². The lowest BCUT2D eigenvalue weighted by molar-refractivity contribution is 0.962. The van der Waals surface area contributed by atoms with Crippen LogP contribution >= 0.6 is 38.9 Å². The van der Waals surface area contributed by atoms with Gasteiger partial charge in [-0.05, 0) is 31.5 Å². The van der Waals surface area contributed by atoms with Crippen molar-refractivity contribution < 1.29 is 0 Å². The summed E-state index contributed by atoms with van der Waals surface area (Å²) in [5.41, 5.74) is 2.29. The molecule has 5 heteroatoms. The smallest absolute Gasteiger partial charge is 0.142 e. The van der Waals surface area contributed by atoms with Crippen LogP contribution in [-0.4, -0.2) is 10.2 Å². The van der Waals surface area contributed by atoms with E-state index < -0.39 is 0 Å². The van der Waals surface area contributed by atoms with Crippen molar-refractivity contribution >= 4 is 38.9 Å². The average Bonchev–Trinajstić information content (AvgIpc) is 2.70. The summed E-state index contributed by atoms with van der Waals surface area (Å²) in [5, 5.41) is 9.95. The summed E-state index contributed by atoms with van der Waals surface area (Å²) < 4.78 is 1.05. The Morgan fingerprint density at radius 2 is 2.12 bits per heavy atom. The zero-order valence-corrected chi connectivity index (χ0v) is 12.0. The first-order chi connectivity index (χ1) is 7.58. The van der Waals surface area contributed by atoms with Crippen molar-refractivity contribution in [2.75, 3.05) is 0 Å². The molecule has 0 aliphatic carbocycles. The number of aromatic nitrogens is 2. The first-order valence-corrected chi connectivity index (χ1v) is 6.86. The predicted octanol–water partition coefficient (Wildman–Crippen LogP) is 4.58. The lowest BCUT2D eigenvalue weighted by Gasteiger charge is -2.01. The zero-order valence-electron chi connectivity index (χ0n) is 8.87. The van der Waals surface area contributed by atoms with Crippen molar-refractivity contribution in [3.05, 3.63) is 33.2 Å². The molecule has 1 heterocycles. The van der Waals surface area contributed by atoms with E-state index in [4.69, 9.17) is 11.6 Å². The molecule has 84 valence electrons. The summed E-state index contributed by atoms with van der Waals surface area (Å²) in [6.07, 6.45) is 0. The Bertz CT molecular complexity index is 510. The topological polar surface area (TPSA) is 25.8 Å². The van der Waals surface area contributed by atoms with Gasteiger partial charge in [0, 0.05) is 10.0 Å². The fourth-order valence-corrected chi connectivity index (χ4v) is 2.72. The highest BCUT2D eigenvalue weighted by atomic mass is 79.9. The molecule has 2 rings (SSSR count). The summed E-state index contributed by atoms with van der Waals surface area (Å²) in [5.74, 6) is 0. The van der Waals surface area contributed by atoms with E-state index in [0.717, 1.165) is 20.1 Å². The van der Waals surface area contributed by atoms with Crippen LogP contribution in [0.4, 0.5) is 0 Å². The molecule has 0 saturated heterocycles. The van der Waals surface area contributed by atoms with Crippen LogP contribution < -0.4 is 0 Å². The summed E-state index contributed by atoms with van der Waals surface area (Å²) in [6, 6.07) is 6.13. The zero-order chi connectivity index (χ0) is 11.7. The van der Waals surface area contributed by atoms with Gasteiger partial charge in [-0.1, -0.05) is 33.3 Å². The highest BCUT2D eigenvalue weighted by molar-refractivity contribution is 9.10. The molecule has 0 amide bonds. The minimum Gasteiger partial charge on any atom is -0.142 e. The van der Waals surface area contributed by atoms with Crippen LogP contribution in [0, 0.1) is 6.92 Å². The first-order valence-electron chi connectivity index (χ1n) is 4.82. The molecule has 0 fully saturated rings. The van der Waals surface area contributed by atoms with Gasteiger partial charge >= 0.3 is 0 Å². The summed E-state index contributed by atoms with van der Waals surface area (Å²) in [6.45, 7) is 3.96. The fourth-order valence-electron chi connectivity index (χ4n) is 1.33. The first kappa shape index (κ1) is 12.0. The second-order valence-corrected chi connectivity index (χ2v) is 6.10. The minimum atomic E-state index is -0.0845. The number of nitrogens with zero attached hydrogens (tertiary/aromatic N) is 2. The largest absolute Gasteiger partial charge is 0.148 e. The van der Waals surface area contributed by atoms with Crippen molar-refractivity contribution in [1.82, 2.24) is 10.2 Å². The summed E-state index contributed by atoms with van der Waals surface area (Å²) in [7, 11) is 0. The lowest BCUT2D eigenvalue weighted by Crippen LogP contribution is -1.83. The van der Waals surface area contributed by atoms with E-state index in [1.165, 1.54) is 5.56 Å². The van der Waals surface area contributed by atoms with Crippen molar-refractivity contribution in [2.45, 2.75) is 19.2 Å². The summed E-state index contributed by atoms with van der Waals surface area (Å²) >= 11 is 11.0. The number of hydrogen-bond donors (Lipinski definition) is 0. The van der Waals surface area contributed by atoms with Crippen molar-refractivity contribution in [2.24, 2.45) is 0 Å². The van der Waals surface area contributed by atoms with Gasteiger partial charge in [-0.2, -0.15) is 0 Å². The molecule has 0 N–H and O–H groups in total. The van der Waals surface area contributed by atoms with Crippen molar-refractivity contribution in [1.29, 1.82) is 0 Å². The van der Waals surface area contributed by atoms with Crippen molar-refractivity contribution in [3.8, 4) is 10.6 Å². The molecule has 0 aliphatic rings. The Kier molecular flexibility index (Phi) is 3.62. The van der Waals surface area contributed by atoms with E-state index in [1.807, 2.05) is 13.0 Å². The lowest BCUT2D eigenvalue weighted by atomic mass is 10.1. The Morgan fingerprint density at radius 1 is 1.38 bits per heavy atom. The van der Waals surface area contributed by atoms with Gasteiger partial charge in [-0.3, -0.25) is 0 Å². The quantitative estimate of drug-likeness (QED) is 0.758.